The molecule has 0 saturated heterocycles. The number of nitro benzene ring substituents is 1. The lowest BCUT2D eigenvalue weighted by Gasteiger charge is -2.06. The van der Waals surface area contributed by atoms with E-state index < -0.39 is 20.9 Å². The molecule has 0 atom stereocenters. The van der Waals surface area contributed by atoms with E-state index in [-0.39, 0.29) is 36.6 Å². The molecule has 0 amide bonds. The fraction of sp³-hybridized carbons (Fsp3) is 0.417. The first-order chi connectivity index (χ1) is 9.86. The van der Waals surface area contributed by atoms with Gasteiger partial charge in [-0.05, 0) is 19.4 Å². The quantitative estimate of drug-likeness (QED) is 0.333. The van der Waals surface area contributed by atoms with Crippen LogP contribution in [0.5, 0.6) is 0 Å². The van der Waals surface area contributed by atoms with Crippen LogP contribution >= 0.6 is 0 Å². The Hall–Kier alpha value is -2.00. The molecule has 0 spiro atoms. The summed E-state index contributed by atoms with van der Waals surface area (Å²) < 4.78 is 30.8. The zero-order valence-electron chi connectivity index (χ0n) is 11.4. The third-order valence-corrected chi connectivity index (χ3v) is 3.95. The molecule has 0 radical (unpaired) electrons. The number of rotatable bonds is 8. The molecule has 0 saturated carbocycles. The summed E-state index contributed by atoms with van der Waals surface area (Å²) in [7, 11) is -3.83. The van der Waals surface area contributed by atoms with E-state index in [9.17, 15) is 23.3 Å². The number of non-ortho nitro benzene ring substituents is 1. The van der Waals surface area contributed by atoms with Gasteiger partial charge in [0.2, 0.25) is 10.0 Å². The molecular formula is C12H16N2O6S. The van der Waals surface area contributed by atoms with Crippen molar-refractivity contribution in [3.63, 3.8) is 0 Å². The average molecular weight is 316 g/mol. The van der Waals surface area contributed by atoms with Gasteiger partial charge in [-0.1, -0.05) is 6.07 Å². The lowest BCUT2D eigenvalue weighted by atomic mass is 10.3. The molecule has 1 N–H and O–H groups in total. The Morgan fingerprint density at radius 2 is 2.14 bits per heavy atom. The minimum Gasteiger partial charge on any atom is -0.466 e. The third-order valence-electron chi connectivity index (χ3n) is 2.49. The number of carbonyl (C=O) groups is 1. The lowest BCUT2D eigenvalue weighted by Crippen LogP contribution is -2.25. The molecule has 0 heterocycles. The summed E-state index contributed by atoms with van der Waals surface area (Å²) in [6, 6.07) is 4.75. The second-order valence-electron chi connectivity index (χ2n) is 4.06. The number of esters is 1. The zero-order chi connectivity index (χ0) is 15.9. The van der Waals surface area contributed by atoms with Gasteiger partial charge < -0.3 is 4.74 Å². The predicted octanol–water partition coefficient (Wildman–Crippen LogP) is 1.22. The minimum atomic E-state index is -3.83. The highest BCUT2D eigenvalue weighted by Gasteiger charge is 2.17. The fourth-order valence-electron chi connectivity index (χ4n) is 1.52. The van der Waals surface area contributed by atoms with E-state index in [0.29, 0.717) is 0 Å². The molecular weight excluding hydrogens is 300 g/mol. The number of nitrogens with zero attached hydrogens (tertiary/aromatic N) is 1. The van der Waals surface area contributed by atoms with E-state index in [4.69, 9.17) is 4.74 Å². The highest BCUT2D eigenvalue weighted by Crippen LogP contribution is 2.17. The van der Waals surface area contributed by atoms with Gasteiger partial charge in [-0.25, -0.2) is 13.1 Å². The third kappa shape index (κ3) is 5.48. The van der Waals surface area contributed by atoms with E-state index in [1.54, 1.807) is 6.92 Å². The van der Waals surface area contributed by atoms with E-state index >= 15 is 0 Å². The van der Waals surface area contributed by atoms with E-state index in [0.717, 1.165) is 6.07 Å². The Bertz CT molecular complexity index is 614. The monoisotopic (exact) mass is 316 g/mol. The van der Waals surface area contributed by atoms with Crippen molar-refractivity contribution in [1.29, 1.82) is 0 Å². The van der Waals surface area contributed by atoms with Crippen molar-refractivity contribution >= 4 is 21.7 Å². The van der Waals surface area contributed by atoms with Crippen LogP contribution in [0.1, 0.15) is 19.8 Å². The fourth-order valence-corrected chi connectivity index (χ4v) is 2.63. The Balaban J connectivity index is 2.60. The highest BCUT2D eigenvalue weighted by molar-refractivity contribution is 7.89. The van der Waals surface area contributed by atoms with Gasteiger partial charge in [0.1, 0.15) is 0 Å². The van der Waals surface area contributed by atoms with Crippen LogP contribution in [-0.4, -0.2) is 32.5 Å². The van der Waals surface area contributed by atoms with Gasteiger partial charge in [0, 0.05) is 25.1 Å². The molecule has 1 aromatic carbocycles. The maximum Gasteiger partial charge on any atom is 0.305 e. The molecule has 0 aromatic heterocycles. The number of sulfonamides is 1. The molecule has 21 heavy (non-hydrogen) atoms. The van der Waals surface area contributed by atoms with E-state index in [1.165, 1.54) is 18.2 Å². The average Bonchev–Trinajstić information content (AvgIpc) is 2.44. The second kappa shape index (κ2) is 7.70. The van der Waals surface area contributed by atoms with Crippen LogP contribution in [0.3, 0.4) is 0 Å². The number of nitro groups is 1. The summed E-state index contributed by atoms with van der Waals surface area (Å²) in [6.45, 7) is 2.00. The van der Waals surface area contributed by atoms with Crippen molar-refractivity contribution in [3.05, 3.63) is 34.4 Å². The summed E-state index contributed by atoms with van der Waals surface area (Å²) in [4.78, 5) is 20.8. The summed E-state index contributed by atoms with van der Waals surface area (Å²) in [5, 5.41) is 10.6. The number of ether oxygens (including phenoxy) is 1. The molecule has 0 bridgehead atoms. The minimum absolute atomic E-state index is 0.0455. The van der Waals surface area contributed by atoms with Gasteiger partial charge in [0.15, 0.2) is 0 Å². The molecule has 1 rings (SSSR count). The number of hydrogen-bond donors (Lipinski definition) is 1. The number of hydrogen-bond acceptors (Lipinski definition) is 6. The van der Waals surface area contributed by atoms with Crippen LogP contribution in [0, 0.1) is 10.1 Å². The smallest absolute Gasteiger partial charge is 0.305 e. The molecule has 0 aliphatic rings. The topological polar surface area (TPSA) is 116 Å². The van der Waals surface area contributed by atoms with Crippen LogP contribution in [-0.2, 0) is 19.6 Å². The van der Waals surface area contributed by atoms with Crippen LogP contribution < -0.4 is 4.72 Å². The first kappa shape index (κ1) is 17.1. The van der Waals surface area contributed by atoms with Crippen LogP contribution in [0.15, 0.2) is 29.2 Å². The molecule has 116 valence electrons. The number of benzene rings is 1. The van der Waals surface area contributed by atoms with Gasteiger partial charge in [-0.3, -0.25) is 14.9 Å². The van der Waals surface area contributed by atoms with Crippen molar-refractivity contribution in [1.82, 2.24) is 4.72 Å². The van der Waals surface area contributed by atoms with Gasteiger partial charge in [0.25, 0.3) is 5.69 Å². The Morgan fingerprint density at radius 1 is 1.43 bits per heavy atom. The van der Waals surface area contributed by atoms with Crippen LogP contribution in [0.4, 0.5) is 5.69 Å². The number of nitrogens with one attached hydrogen (secondary N) is 1. The zero-order valence-corrected chi connectivity index (χ0v) is 12.3. The highest BCUT2D eigenvalue weighted by atomic mass is 32.2. The first-order valence-electron chi connectivity index (χ1n) is 6.26. The SMILES string of the molecule is CCOC(=O)CCCNS(=O)(=O)c1cccc([N+](=O)[O-])c1. The van der Waals surface area contributed by atoms with Crippen molar-refractivity contribution in [2.45, 2.75) is 24.7 Å². The maximum atomic E-state index is 11.9. The Morgan fingerprint density at radius 3 is 2.76 bits per heavy atom. The molecule has 1 aromatic rings. The van der Waals surface area contributed by atoms with Gasteiger partial charge in [0.05, 0.1) is 16.4 Å². The lowest BCUT2D eigenvalue weighted by molar-refractivity contribution is -0.385. The van der Waals surface area contributed by atoms with Crippen molar-refractivity contribution in [2.24, 2.45) is 0 Å². The van der Waals surface area contributed by atoms with Gasteiger partial charge in [-0.2, -0.15) is 0 Å². The number of carbonyl (C=O) groups excluding carboxylic acids is 1. The molecule has 0 fully saturated rings. The summed E-state index contributed by atoms with van der Waals surface area (Å²) in [6.07, 6.45) is 0.387. The summed E-state index contributed by atoms with van der Waals surface area (Å²) in [5.74, 6) is -0.396. The maximum absolute atomic E-state index is 11.9. The van der Waals surface area contributed by atoms with E-state index in [1.807, 2.05) is 0 Å². The molecule has 0 aliphatic heterocycles. The molecule has 0 unspecified atom stereocenters. The van der Waals surface area contributed by atoms with Crippen molar-refractivity contribution in [2.75, 3.05) is 13.2 Å². The normalized spacial score (nSPS) is 11.1. The Labute approximate surface area is 122 Å². The predicted molar refractivity (Wildman–Crippen MR) is 74.2 cm³/mol. The standard InChI is InChI=1S/C12H16N2O6S/c1-2-20-12(15)7-4-8-13-21(18,19)11-6-3-5-10(9-11)14(16)17/h3,5-6,9,13H,2,4,7-8H2,1H3. The summed E-state index contributed by atoms with van der Waals surface area (Å²) >= 11 is 0. The van der Waals surface area contributed by atoms with Crippen molar-refractivity contribution in [3.8, 4) is 0 Å². The first-order valence-corrected chi connectivity index (χ1v) is 7.75. The van der Waals surface area contributed by atoms with Crippen LogP contribution in [0.25, 0.3) is 0 Å². The van der Waals surface area contributed by atoms with E-state index in [2.05, 4.69) is 4.72 Å². The van der Waals surface area contributed by atoms with Crippen molar-refractivity contribution < 1.29 is 22.9 Å². The molecule has 8 nitrogen and oxygen atoms in total. The molecule has 0 aliphatic carbocycles. The van der Waals surface area contributed by atoms with Gasteiger partial charge >= 0.3 is 5.97 Å². The molecule has 9 heteroatoms. The second-order valence-corrected chi connectivity index (χ2v) is 5.83. The van der Waals surface area contributed by atoms with Crippen LogP contribution in [0.2, 0.25) is 0 Å². The Kier molecular flexibility index (Phi) is 6.25. The van der Waals surface area contributed by atoms with Gasteiger partial charge in [-0.15, -0.1) is 0 Å². The summed E-state index contributed by atoms with van der Waals surface area (Å²) in [5.41, 5.74) is -0.301. The largest absolute Gasteiger partial charge is 0.466 e.